The van der Waals surface area contributed by atoms with Gasteiger partial charge in [-0.3, -0.25) is 19.0 Å². The summed E-state index contributed by atoms with van der Waals surface area (Å²) in [5.41, 5.74) is 5.99. The predicted octanol–water partition coefficient (Wildman–Crippen LogP) is 1.23. The molecule has 9 heteroatoms. The third-order valence-corrected chi connectivity index (χ3v) is 3.46. The van der Waals surface area contributed by atoms with Crippen LogP contribution in [-0.2, 0) is 13.1 Å². The number of primary amides is 1. The second kappa shape index (κ2) is 6.08. The van der Waals surface area contributed by atoms with Crippen LogP contribution in [0.5, 0.6) is 0 Å². The number of nitrogens with two attached hydrogens (primary N) is 1. The van der Waals surface area contributed by atoms with Crippen molar-refractivity contribution in [3.05, 3.63) is 28.3 Å². The molecule has 0 spiro atoms. The number of hydrogen-bond acceptors (Lipinski definition) is 4. The first kappa shape index (κ1) is 15.2. The topological polar surface area (TPSA) is 108 Å². The summed E-state index contributed by atoms with van der Waals surface area (Å²) >= 11 is 3.28. The van der Waals surface area contributed by atoms with Gasteiger partial charge in [-0.15, -0.1) is 0 Å². The van der Waals surface area contributed by atoms with Gasteiger partial charge in [-0.25, -0.2) is 0 Å². The van der Waals surface area contributed by atoms with E-state index in [4.69, 9.17) is 5.73 Å². The summed E-state index contributed by atoms with van der Waals surface area (Å²) < 4.78 is 3.63. The minimum atomic E-state index is -0.650. The van der Waals surface area contributed by atoms with E-state index in [0.29, 0.717) is 17.6 Å². The zero-order chi connectivity index (χ0) is 15.6. The quantitative estimate of drug-likeness (QED) is 0.841. The van der Waals surface area contributed by atoms with Crippen molar-refractivity contribution in [2.24, 2.45) is 5.73 Å². The Morgan fingerprint density at radius 1 is 1.38 bits per heavy atom. The van der Waals surface area contributed by atoms with Crippen LogP contribution in [-0.4, -0.2) is 31.4 Å². The lowest BCUT2D eigenvalue weighted by atomic mass is 10.3. The Bertz CT molecular complexity index is 690. The number of nitrogens with zero attached hydrogens (tertiary/aromatic N) is 4. The van der Waals surface area contributed by atoms with Crippen molar-refractivity contribution in [2.75, 3.05) is 5.32 Å². The van der Waals surface area contributed by atoms with Crippen molar-refractivity contribution >= 4 is 33.4 Å². The van der Waals surface area contributed by atoms with E-state index < -0.39 is 11.8 Å². The highest BCUT2D eigenvalue weighted by Crippen LogP contribution is 2.19. The molecule has 0 atom stereocenters. The zero-order valence-corrected chi connectivity index (χ0v) is 13.2. The maximum absolute atomic E-state index is 12.2. The first-order valence-corrected chi connectivity index (χ1v) is 7.17. The van der Waals surface area contributed by atoms with Crippen LogP contribution >= 0.6 is 15.9 Å². The van der Waals surface area contributed by atoms with Gasteiger partial charge < -0.3 is 11.1 Å². The molecule has 0 radical (unpaired) electrons. The van der Waals surface area contributed by atoms with Gasteiger partial charge in [-0.05, 0) is 29.8 Å². The molecule has 2 aromatic rings. The van der Waals surface area contributed by atoms with Crippen LogP contribution in [0.2, 0.25) is 0 Å². The SMILES string of the molecule is CCn1cc(Br)c(C(=O)Nc2cnn(CC)c2C(N)=O)n1. The van der Waals surface area contributed by atoms with Crippen LogP contribution in [0.3, 0.4) is 0 Å². The number of amides is 2. The van der Waals surface area contributed by atoms with Gasteiger partial charge in [-0.2, -0.15) is 10.2 Å². The number of aromatic nitrogens is 4. The molecule has 3 N–H and O–H groups in total. The molecule has 0 aliphatic rings. The van der Waals surface area contributed by atoms with E-state index >= 15 is 0 Å². The smallest absolute Gasteiger partial charge is 0.277 e. The normalized spacial score (nSPS) is 10.6. The van der Waals surface area contributed by atoms with Gasteiger partial charge in [0.25, 0.3) is 11.8 Å². The van der Waals surface area contributed by atoms with Crippen molar-refractivity contribution in [3.63, 3.8) is 0 Å². The Hall–Kier alpha value is -2.16. The Morgan fingerprint density at radius 3 is 2.62 bits per heavy atom. The molecular weight excluding hydrogens is 340 g/mol. The van der Waals surface area contributed by atoms with Gasteiger partial charge in [0.2, 0.25) is 0 Å². The van der Waals surface area contributed by atoms with Gasteiger partial charge in [-0.1, -0.05) is 0 Å². The number of halogens is 1. The Balaban J connectivity index is 2.29. The minimum absolute atomic E-state index is 0.164. The third-order valence-electron chi connectivity index (χ3n) is 2.88. The summed E-state index contributed by atoms with van der Waals surface area (Å²) in [7, 11) is 0. The molecule has 112 valence electrons. The van der Waals surface area contributed by atoms with Gasteiger partial charge >= 0.3 is 0 Å². The summed E-state index contributed by atoms with van der Waals surface area (Å²) in [5.74, 6) is -1.09. The van der Waals surface area contributed by atoms with Crippen molar-refractivity contribution in [1.29, 1.82) is 0 Å². The lowest BCUT2D eigenvalue weighted by molar-refractivity contribution is 0.0991. The lowest BCUT2D eigenvalue weighted by Crippen LogP contribution is -2.21. The van der Waals surface area contributed by atoms with Crippen LogP contribution in [0.1, 0.15) is 34.8 Å². The van der Waals surface area contributed by atoms with Crippen LogP contribution in [0.15, 0.2) is 16.9 Å². The molecule has 0 fully saturated rings. The van der Waals surface area contributed by atoms with Crippen LogP contribution in [0.4, 0.5) is 5.69 Å². The number of carbonyl (C=O) groups excluding carboxylic acids is 2. The number of rotatable bonds is 5. The molecule has 2 heterocycles. The highest BCUT2D eigenvalue weighted by molar-refractivity contribution is 9.10. The second-order valence-electron chi connectivity index (χ2n) is 4.22. The monoisotopic (exact) mass is 354 g/mol. The Labute approximate surface area is 129 Å². The minimum Gasteiger partial charge on any atom is -0.364 e. The fourth-order valence-corrected chi connectivity index (χ4v) is 2.37. The summed E-state index contributed by atoms with van der Waals surface area (Å²) in [6.07, 6.45) is 3.10. The van der Waals surface area contributed by atoms with Crippen molar-refractivity contribution in [3.8, 4) is 0 Å². The number of aryl methyl sites for hydroxylation is 2. The second-order valence-corrected chi connectivity index (χ2v) is 5.08. The predicted molar refractivity (Wildman–Crippen MR) is 80.0 cm³/mol. The van der Waals surface area contributed by atoms with E-state index in [1.165, 1.54) is 10.9 Å². The van der Waals surface area contributed by atoms with E-state index in [0.717, 1.165) is 0 Å². The molecule has 21 heavy (non-hydrogen) atoms. The Kier molecular flexibility index (Phi) is 4.41. The molecule has 2 amide bonds. The lowest BCUT2D eigenvalue weighted by Gasteiger charge is -2.05. The number of carbonyl (C=O) groups is 2. The summed E-state index contributed by atoms with van der Waals surface area (Å²) in [4.78, 5) is 23.7. The van der Waals surface area contributed by atoms with Gasteiger partial charge in [0.1, 0.15) is 5.69 Å². The summed E-state index contributed by atoms with van der Waals surface area (Å²) in [6.45, 7) is 4.86. The van der Waals surface area contributed by atoms with E-state index in [9.17, 15) is 9.59 Å². The fraction of sp³-hybridized carbons (Fsp3) is 0.333. The summed E-state index contributed by atoms with van der Waals surface area (Å²) in [6, 6.07) is 0. The van der Waals surface area contributed by atoms with Crippen LogP contribution < -0.4 is 11.1 Å². The highest BCUT2D eigenvalue weighted by atomic mass is 79.9. The summed E-state index contributed by atoms with van der Waals surface area (Å²) in [5, 5.41) is 10.8. The van der Waals surface area contributed by atoms with Crippen molar-refractivity contribution in [2.45, 2.75) is 26.9 Å². The molecule has 0 unspecified atom stereocenters. The molecular formula is C12H15BrN6O2. The molecule has 0 aliphatic carbocycles. The fourth-order valence-electron chi connectivity index (χ4n) is 1.87. The Morgan fingerprint density at radius 2 is 2.10 bits per heavy atom. The van der Waals surface area contributed by atoms with E-state index in [-0.39, 0.29) is 17.1 Å². The third kappa shape index (κ3) is 2.97. The molecule has 2 aromatic heterocycles. The average Bonchev–Trinajstić information content (AvgIpc) is 3.01. The molecule has 0 aromatic carbocycles. The number of hydrogen-bond donors (Lipinski definition) is 2. The first-order valence-electron chi connectivity index (χ1n) is 6.37. The highest BCUT2D eigenvalue weighted by Gasteiger charge is 2.20. The van der Waals surface area contributed by atoms with Crippen LogP contribution in [0, 0.1) is 0 Å². The van der Waals surface area contributed by atoms with Gasteiger partial charge in [0.05, 0.1) is 16.4 Å². The standard InChI is InChI=1S/C12H15BrN6O2/c1-3-18-6-7(13)9(17-18)12(21)16-8-5-15-19(4-2)10(8)11(14)20/h5-6H,3-4H2,1-2H3,(H2,14,20)(H,16,21). The maximum Gasteiger partial charge on any atom is 0.277 e. The largest absolute Gasteiger partial charge is 0.364 e. The molecule has 0 aliphatic heterocycles. The molecule has 0 saturated carbocycles. The number of nitrogens with one attached hydrogen (secondary N) is 1. The zero-order valence-electron chi connectivity index (χ0n) is 11.6. The van der Waals surface area contributed by atoms with E-state index in [1.54, 1.807) is 10.9 Å². The van der Waals surface area contributed by atoms with Gasteiger partial charge in [0, 0.05) is 19.3 Å². The molecule has 8 nitrogen and oxygen atoms in total. The molecule has 0 saturated heterocycles. The average molecular weight is 355 g/mol. The van der Waals surface area contributed by atoms with E-state index in [2.05, 4.69) is 31.4 Å². The maximum atomic E-state index is 12.2. The van der Waals surface area contributed by atoms with E-state index in [1.807, 2.05) is 13.8 Å². The van der Waals surface area contributed by atoms with Crippen LogP contribution in [0.25, 0.3) is 0 Å². The molecule has 2 rings (SSSR count). The number of anilines is 1. The molecule has 0 bridgehead atoms. The van der Waals surface area contributed by atoms with Crippen molar-refractivity contribution in [1.82, 2.24) is 19.6 Å². The first-order chi connectivity index (χ1) is 9.97. The van der Waals surface area contributed by atoms with Crippen molar-refractivity contribution < 1.29 is 9.59 Å². The van der Waals surface area contributed by atoms with Gasteiger partial charge in [0.15, 0.2) is 5.69 Å².